The summed E-state index contributed by atoms with van der Waals surface area (Å²) >= 11 is 0. The minimum atomic E-state index is -0.392. The monoisotopic (exact) mass is 303 g/mol. The Morgan fingerprint density at radius 3 is 2.36 bits per heavy atom. The number of nitrogens with zero attached hydrogens (tertiary/aromatic N) is 1. The highest BCUT2D eigenvalue weighted by atomic mass is 16.5. The zero-order valence-electron chi connectivity index (χ0n) is 12.6. The molecule has 0 saturated carbocycles. The number of anilines is 1. The molecule has 1 aromatic carbocycles. The Morgan fingerprint density at radius 1 is 1.09 bits per heavy atom. The molecule has 0 saturated heterocycles. The maximum absolute atomic E-state index is 11.8. The van der Waals surface area contributed by atoms with Crippen molar-refractivity contribution in [2.24, 2.45) is 0 Å². The molecule has 7 heteroatoms. The lowest BCUT2D eigenvalue weighted by Crippen LogP contribution is -2.13. The third-order valence-electron chi connectivity index (χ3n) is 3.65. The molecule has 0 atom stereocenters. The van der Waals surface area contributed by atoms with Crippen molar-refractivity contribution in [3.05, 3.63) is 28.2 Å². The molecule has 0 aliphatic carbocycles. The Bertz CT molecular complexity index is 745. The van der Waals surface area contributed by atoms with Crippen molar-refractivity contribution >= 4 is 5.82 Å². The maximum atomic E-state index is 11.8. The number of hydrogen-bond donors (Lipinski definition) is 2. The van der Waals surface area contributed by atoms with Crippen molar-refractivity contribution in [3.63, 3.8) is 0 Å². The van der Waals surface area contributed by atoms with Crippen LogP contribution in [0.2, 0.25) is 0 Å². The lowest BCUT2D eigenvalue weighted by Gasteiger charge is -2.15. The van der Waals surface area contributed by atoms with E-state index < -0.39 is 5.69 Å². The Morgan fingerprint density at radius 2 is 1.77 bits per heavy atom. The first-order valence-corrected chi connectivity index (χ1v) is 6.85. The van der Waals surface area contributed by atoms with Gasteiger partial charge < -0.3 is 24.5 Å². The molecular formula is C15H17N3O4. The van der Waals surface area contributed by atoms with Gasteiger partial charge in [0.2, 0.25) is 5.75 Å². The summed E-state index contributed by atoms with van der Waals surface area (Å²) in [5.74, 6) is 2.22. The number of benzene rings is 1. The van der Waals surface area contributed by atoms with Crippen molar-refractivity contribution in [1.29, 1.82) is 0 Å². The minimum absolute atomic E-state index is 0.392. The first-order chi connectivity index (χ1) is 10.7. The van der Waals surface area contributed by atoms with Gasteiger partial charge in [-0.2, -0.15) is 4.98 Å². The fourth-order valence-corrected chi connectivity index (χ4v) is 2.67. The van der Waals surface area contributed by atoms with Gasteiger partial charge in [0.05, 0.1) is 27.0 Å². The van der Waals surface area contributed by atoms with E-state index in [0.29, 0.717) is 23.1 Å². The second kappa shape index (κ2) is 5.59. The van der Waals surface area contributed by atoms with Crippen molar-refractivity contribution < 1.29 is 14.2 Å². The van der Waals surface area contributed by atoms with Crippen molar-refractivity contribution in [2.45, 2.75) is 6.42 Å². The zero-order chi connectivity index (χ0) is 15.7. The van der Waals surface area contributed by atoms with Gasteiger partial charge >= 0.3 is 5.69 Å². The molecule has 0 amide bonds. The van der Waals surface area contributed by atoms with Gasteiger partial charge in [0.25, 0.3) is 0 Å². The van der Waals surface area contributed by atoms with Crippen molar-refractivity contribution in [3.8, 4) is 28.5 Å². The summed E-state index contributed by atoms with van der Waals surface area (Å²) in [7, 11) is 4.67. The highest BCUT2D eigenvalue weighted by molar-refractivity contribution is 5.74. The van der Waals surface area contributed by atoms with Gasteiger partial charge in [-0.25, -0.2) is 4.79 Å². The van der Waals surface area contributed by atoms with Crippen LogP contribution in [0.4, 0.5) is 5.82 Å². The minimum Gasteiger partial charge on any atom is -0.493 e. The fourth-order valence-electron chi connectivity index (χ4n) is 2.67. The third kappa shape index (κ3) is 2.24. The Kier molecular flexibility index (Phi) is 3.62. The van der Waals surface area contributed by atoms with Crippen molar-refractivity contribution in [1.82, 2.24) is 9.97 Å². The molecule has 7 nitrogen and oxygen atoms in total. The Balaban J connectivity index is 2.23. The van der Waals surface area contributed by atoms with E-state index >= 15 is 0 Å². The predicted molar refractivity (Wildman–Crippen MR) is 82.1 cm³/mol. The van der Waals surface area contributed by atoms with Crippen LogP contribution in [0.1, 0.15) is 5.56 Å². The molecule has 0 fully saturated rings. The Labute approximate surface area is 127 Å². The zero-order valence-corrected chi connectivity index (χ0v) is 12.6. The van der Waals surface area contributed by atoms with Gasteiger partial charge in [0.1, 0.15) is 5.82 Å². The SMILES string of the molecule is COc1cc(-c2[nH]c(=O)nc3c2CCN3)cc(OC)c1OC. The molecule has 3 rings (SSSR count). The third-order valence-corrected chi connectivity index (χ3v) is 3.65. The topological polar surface area (TPSA) is 85.5 Å². The van der Waals surface area contributed by atoms with Crippen LogP contribution in [0, 0.1) is 0 Å². The van der Waals surface area contributed by atoms with Crippen LogP contribution in [0.25, 0.3) is 11.3 Å². The van der Waals surface area contributed by atoms with Crippen molar-refractivity contribution in [2.75, 3.05) is 33.2 Å². The van der Waals surface area contributed by atoms with E-state index in [1.165, 1.54) is 0 Å². The molecule has 1 aliphatic rings. The lowest BCUT2D eigenvalue weighted by molar-refractivity contribution is 0.324. The number of aromatic nitrogens is 2. The first kappa shape index (κ1) is 14.2. The number of H-pyrrole nitrogens is 1. The van der Waals surface area contributed by atoms with E-state index in [-0.39, 0.29) is 0 Å². The number of aromatic amines is 1. The average molecular weight is 303 g/mol. The van der Waals surface area contributed by atoms with Gasteiger partial charge in [0.15, 0.2) is 11.5 Å². The second-order valence-electron chi connectivity index (χ2n) is 4.83. The summed E-state index contributed by atoms with van der Waals surface area (Å²) in [4.78, 5) is 18.5. The van der Waals surface area contributed by atoms with E-state index in [1.54, 1.807) is 21.3 Å². The van der Waals surface area contributed by atoms with Gasteiger partial charge in [-0.3, -0.25) is 0 Å². The highest BCUT2D eigenvalue weighted by Crippen LogP contribution is 2.42. The number of nitrogens with one attached hydrogen (secondary N) is 2. The summed E-state index contributed by atoms with van der Waals surface area (Å²) in [5, 5.41) is 3.11. The van der Waals surface area contributed by atoms with Gasteiger partial charge in [0, 0.05) is 17.7 Å². The van der Waals surface area contributed by atoms with Crippen LogP contribution in [0.15, 0.2) is 16.9 Å². The molecule has 22 heavy (non-hydrogen) atoms. The number of ether oxygens (including phenoxy) is 3. The lowest BCUT2D eigenvalue weighted by atomic mass is 10.0. The summed E-state index contributed by atoms with van der Waals surface area (Å²) in [6, 6.07) is 3.62. The molecule has 116 valence electrons. The summed E-state index contributed by atoms with van der Waals surface area (Å²) < 4.78 is 16.0. The van der Waals surface area contributed by atoms with Gasteiger partial charge in [-0.15, -0.1) is 0 Å². The quantitative estimate of drug-likeness (QED) is 0.889. The number of rotatable bonds is 4. The highest BCUT2D eigenvalue weighted by Gasteiger charge is 2.21. The van der Waals surface area contributed by atoms with E-state index in [1.807, 2.05) is 12.1 Å². The molecule has 1 aromatic heterocycles. The standard InChI is InChI=1S/C15H17N3O4/c1-20-10-6-8(7-11(21-2)13(10)22-3)12-9-4-5-16-14(9)18-15(19)17-12/h6-7H,4-5H2,1-3H3,(H2,16,17,18,19). The largest absolute Gasteiger partial charge is 0.493 e. The molecule has 0 unspecified atom stereocenters. The molecule has 2 heterocycles. The molecule has 1 aliphatic heterocycles. The number of hydrogen-bond acceptors (Lipinski definition) is 6. The van der Waals surface area contributed by atoms with E-state index in [9.17, 15) is 4.79 Å². The smallest absolute Gasteiger partial charge is 0.347 e. The second-order valence-corrected chi connectivity index (χ2v) is 4.83. The summed E-state index contributed by atoms with van der Waals surface area (Å²) in [6.07, 6.45) is 0.797. The molecule has 0 radical (unpaired) electrons. The van der Waals surface area contributed by atoms with E-state index in [4.69, 9.17) is 14.2 Å². The normalized spacial score (nSPS) is 12.5. The maximum Gasteiger partial charge on any atom is 0.347 e. The first-order valence-electron chi connectivity index (χ1n) is 6.85. The van der Waals surface area contributed by atoms with E-state index in [0.717, 1.165) is 29.8 Å². The van der Waals surface area contributed by atoms with Crippen LogP contribution in [0.5, 0.6) is 17.2 Å². The molecular weight excluding hydrogens is 286 g/mol. The summed E-state index contributed by atoms with van der Waals surface area (Å²) in [5.41, 5.74) is 2.10. The molecule has 2 aromatic rings. The molecule has 0 bridgehead atoms. The average Bonchev–Trinajstić information content (AvgIpc) is 3.00. The van der Waals surface area contributed by atoms with Gasteiger partial charge in [-0.1, -0.05) is 0 Å². The molecule has 2 N–H and O–H groups in total. The summed E-state index contributed by atoms with van der Waals surface area (Å²) in [6.45, 7) is 0.761. The van der Waals surface area contributed by atoms with Crippen LogP contribution in [-0.4, -0.2) is 37.8 Å². The van der Waals surface area contributed by atoms with Crippen LogP contribution in [-0.2, 0) is 6.42 Å². The Hall–Kier alpha value is -2.70. The predicted octanol–water partition coefficient (Wildman–Crippen LogP) is 1.43. The van der Waals surface area contributed by atoms with E-state index in [2.05, 4.69) is 15.3 Å². The fraction of sp³-hybridized carbons (Fsp3) is 0.333. The van der Waals surface area contributed by atoms with Crippen LogP contribution >= 0.6 is 0 Å². The number of methoxy groups -OCH3 is 3. The number of fused-ring (bicyclic) bond motifs is 1. The van der Waals surface area contributed by atoms with Crippen LogP contribution in [0.3, 0.4) is 0 Å². The van der Waals surface area contributed by atoms with Gasteiger partial charge in [-0.05, 0) is 18.6 Å². The molecule has 0 spiro atoms. The van der Waals surface area contributed by atoms with Crippen LogP contribution < -0.4 is 25.2 Å².